The van der Waals surface area contributed by atoms with Crippen molar-refractivity contribution in [3.05, 3.63) is 24.2 Å². The van der Waals surface area contributed by atoms with Crippen LogP contribution in [0.25, 0.3) is 0 Å². The molecule has 10 heteroatoms. The van der Waals surface area contributed by atoms with Crippen molar-refractivity contribution in [1.82, 2.24) is 14.7 Å². The van der Waals surface area contributed by atoms with E-state index in [1.807, 2.05) is 22.1 Å². The first-order valence-corrected chi connectivity index (χ1v) is 9.26. The van der Waals surface area contributed by atoms with E-state index < -0.39 is 12.1 Å². The molecule has 3 saturated heterocycles. The molecule has 0 aliphatic carbocycles. The van der Waals surface area contributed by atoms with Gasteiger partial charge < -0.3 is 19.3 Å². The van der Waals surface area contributed by atoms with E-state index in [1.165, 1.54) is 24.8 Å². The Labute approximate surface area is 160 Å². The van der Waals surface area contributed by atoms with Crippen LogP contribution in [0.5, 0.6) is 0 Å². The van der Waals surface area contributed by atoms with Crippen LogP contribution in [0, 0.1) is 5.41 Å². The lowest BCUT2D eigenvalue weighted by Gasteiger charge is -2.49. The molecule has 3 aliphatic heterocycles. The largest absolute Gasteiger partial charge is 0.490 e. The molecule has 4 heterocycles. The van der Waals surface area contributed by atoms with Gasteiger partial charge in [-0.3, -0.25) is 4.90 Å². The summed E-state index contributed by atoms with van der Waals surface area (Å²) in [6.07, 6.45) is 2.04. The van der Waals surface area contributed by atoms with Crippen molar-refractivity contribution in [3.63, 3.8) is 0 Å². The van der Waals surface area contributed by atoms with E-state index in [0.717, 1.165) is 45.8 Å². The van der Waals surface area contributed by atoms with E-state index in [0.29, 0.717) is 5.41 Å². The van der Waals surface area contributed by atoms with Gasteiger partial charge in [-0.15, -0.1) is 0 Å². The average molecular weight is 403 g/mol. The molecule has 2 amide bonds. The van der Waals surface area contributed by atoms with Crippen LogP contribution in [-0.2, 0) is 11.3 Å². The van der Waals surface area contributed by atoms with E-state index in [-0.39, 0.29) is 6.03 Å². The maximum Gasteiger partial charge on any atom is 0.490 e. The molecule has 1 spiro atoms. The third kappa shape index (κ3) is 4.78. The van der Waals surface area contributed by atoms with Crippen LogP contribution < -0.4 is 0 Å². The van der Waals surface area contributed by atoms with Crippen molar-refractivity contribution in [2.24, 2.45) is 5.41 Å². The summed E-state index contributed by atoms with van der Waals surface area (Å²) in [5, 5.41) is 7.12. The van der Waals surface area contributed by atoms with Crippen molar-refractivity contribution in [1.29, 1.82) is 0 Å². The fourth-order valence-corrected chi connectivity index (χ4v) is 4.07. The van der Waals surface area contributed by atoms with E-state index in [4.69, 9.17) is 14.3 Å². The number of aliphatic carboxylic acids is 1. The third-order valence-corrected chi connectivity index (χ3v) is 5.45. The molecule has 1 aromatic rings. The summed E-state index contributed by atoms with van der Waals surface area (Å²) in [6, 6.07) is 2.31. The number of carbonyl (C=O) groups is 2. The van der Waals surface area contributed by atoms with Crippen LogP contribution >= 0.6 is 0 Å². The van der Waals surface area contributed by atoms with Gasteiger partial charge in [-0.1, -0.05) is 0 Å². The molecule has 0 aromatic carbocycles. The van der Waals surface area contributed by atoms with Crippen molar-refractivity contribution in [2.75, 3.05) is 39.3 Å². The number of carboxylic acid groups (broad SMARTS) is 1. The summed E-state index contributed by atoms with van der Waals surface area (Å²) in [5.41, 5.74) is 1.61. The topological polar surface area (TPSA) is 77.2 Å². The van der Waals surface area contributed by atoms with Gasteiger partial charge >= 0.3 is 18.2 Å². The number of furan rings is 1. The number of carbonyl (C=O) groups excluding carboxylic acids is 1. The van der Waals surface area contributed by atoms with Crippen LogP contribution in [0.3, 0.4) is 0 Å². The molecule has 1 N–H and O–H groups in total. The molecule has 0 bridgehead atoms. The average Bonchev–Trinajstić information content (AvgIpc) is 3.35. The maximum absolute atomic E-state index is 12.3. The van der Waals surface area contributed by atoms with Gasteiger partial charge in [-0.05, 0) is 31.9 Å². The van der Waals surface area contributed by atoms with Crippen LogP contribution in [0.2, 0.25) is 0 Å². The molecule has 28 heavy (non-hydrogen) atoms. The number of hydrogen-bond donors (Lipinski definition) is 1. The number of halogens is 3. The van der Waals surface area contributed by atoms with E-state index in [2.05, 4.69) is 4.90 Å². The molecule has 1 aromatic heterocycles. The number of amides is 2. The zero-order valence-electron chi connectivity index (χ0n) is 15.5. The second-order valence-corrected chi connectivity index (χ2v) is 7.73. The molecule has 3 aliphatic rings. The number of alkyl halides is 3. The Morgan fingerprint density at radius 1 is 1.11 bits per heavy atom. The van der Waals surface area contributed by atoms with Crippen LogP contribution in [-0.4, -0.2) is 77.3 Å². The number of carboxylic acids is 1. The van der Waals surface area contributed by atoms with Gasteiger partial charge in [0.1, 0.15) is 0 Å². The fraction of sp³-hybridized carbons (Fsp3) is 0.667. The van der Waals surface area contributed by atoms with E-state index >= 15 is 0 Å². The SMILES string of the molecule is O=C(N1CCCC1)N1CC2(CCN(Cc3ccoc3)C2)C1.O=C(O)C(F)(F)F. The Morgan fingerprint density at radius 3 is 2.29 bits per heavy atom. The van der Waals surface area contributed by atoms with Crippen molar-refractivity contribution in [2.45, 2.75) is 32.0 Å². The number of likely N-dealkylation sites (tertiary alicyclic amines) is 3. The van der Waals surface area contributed by atoms with Crippen molar-refractivity contribution in [3.8, 4) is 0 Å². The highest BCUT2D eigenvalue weighted by molar-refractivity contribution is 5.76. The van der Waals surface area contributed by atoms with Crippen molar-refractivity contribution >= 4 is 12.0 Å². The van der Waals surface area contributed by atoms with Gasteiger partial charge in [0, 0.05) is 50.2 Å². The lowest BCUT2D eigenvalue weighted by atomic mass is 9.79. The predicted molar refractivity (Wildman–Crippen MR) is 92.5 cm³/mol. The van der Waals surface area contributed by atoms with Crippen LogP contribution in [0.15, 0.2) is 23.0 Å². The monoisotopic (exact) mass is 403 g/mol. The van der Waals surface area contributed by atoms with Gasteiger partial charge in [0.2, 0.25) is 0 Å². The van der Waals surface area contributed by atoms with Gasteiger partial charge in [0.15, 0.2) is 0 Å². The molecule has 0 saturated carbocycles. The third-order valence-electron chi connectivity index (χ3n) is 5.45. The molecule has 0 atom stereocenters. The number of hydrogen-bond acceptors (Lipinski definition) is 4. The Balaban J connectivity index is 0.000000279. The number of urea groups is 1. The van der Waals surface area contributed by atoms with Crippen LogP contribution in [0.4, 0.5) is 18.0 Å². The molecule has 3 fully saturated rings. The molecule has 4 rings (SSSR count). The summed E-state index contributed by atoms with van der Waals surface area (Å²) in [6.45, 7) is 7.02. The second-order valence-electron chi connectivity index (χ2n) is 7.73. The lowest BCUT2D eigenvalue weighted by molar-refractivity contribution is -0.192. The Kier molecular flexibility index (Phi) is 5.87. The zero-order chi connectivity index (χ0) is 20.4. The second kappa shape index (κ2) is 8.02. The molecular weight excluding hydrogens is 379 g/mol. The number of rotatable bonds is 2. The summed E-state index contributed by atoms with van der Waals surface area (Å²) >= 11 is 0. The normalized spacial score (nSPS) is 21.4. The van der Waals surface area contributed by atoms with E-state index in [1.54, 1.807) is 6.26 Å². The molecule has 156 valence electrons. The van der Waals surface area contributed by atoms with Gasteiger partial charge in [0.25, 0.3) is 0 Å². The maximum atomic E-state index is 12.3. The zero-order valence-corrected chi connectivity index (χ0v) is 15.5. The van der Waals surface area contributed by atoms with E-state index in [9.17, 15) is 18.0 Å². The smallest absolute Gasteiger partial charge is 0.475 e. The standard InChI is InChI=1S/C16H23N3O2.C2HF3O2/c20-15(18-5-1-2-6-18)19-12-16(13-19)4-7-17(11-16)9-14-3-8-21-10-14;3-2(4,5)1(6)7/h3,8,10H,1-2,4-7,9,11-13H2;(H,6,7). The molecule has 0 unspecified atom stereocenters. The quantitative estimate of drug-likeness (QED) is 0.822. The molecule has 0 radical (unpaired) electrons. The Hall–Kier alpha value is -2.23. The molecular formula is C18H24F3N3O4. The van der Waals surface area contributed by atoms with Gasteiger partial charge in [0.05, 0.1) is 12.5 Å². The fourth-order valence-electron chi connectivity index (χ4n) is 4.07. The number of nitrogens with zero attached hydrogens (tertiary/aromatic N) is 3. The first kappa shape index (κ1) is 20.5. The Morgan fingerprint density at radius 2 is 1.75 bits per heavy atom. The minimum atomic E-state index is -5.08. The summed E-state index contributed by atoms with van der Waals surface area (Å²) in [4.78, 5) is 27.8. The minimum Gasteiger partial charge on any atom is -0.475 e. The predicted octanol–water partition coefficient (Wildman–Crippen LogP) is 2.64. The summed E-state index contributed by atoms with van der Waals surface area (Å²) in [5.74, 6) is -2.76. The molecule has 7 nitrogen and oxygen atoms in total. The first-order chi connectivity index (χ1) is 13.2. The summed E-state index contributed by atoms with van der Waals surface area (Å²) in [7, 11) is 0. The Bertz CT molecular complexity index is 681. The highest BCUT2D eigenvalue weighted by Crippen LogP contribution is 2.40. The van der Waals surface area contributed by atoms with Crippen LogP contribution in [0.1, 0.15) is 24.8 Å². The van der Waals surface area contributed by atoms with Gasteiger partial charge in [-0.25, -0.2) is 9.59 Å². The van der Waals surface area contributed by atoms with Crippen molar-refractivity contribution < 1.29 is 32.3 Å². The highest BCUT2D eigenvalue weighted by atomic mass is 19.4. The minimum absolute atomic E-state index is 0.270. The van der Waals surface area contributed by atoms with Gasteiger partial charge in [-0.2, -0.15) is 13.2 Å². The first-order valence-electron chi connectivity index (χ1n) is 9.26. The lowest BCUT2D eigenvalue weighted by Crippen LogP contribution is -2.61. The summed E-state index contributed by atoms with van der Waals surface area (Å²) < 4.78 is 36.9. The highest BCUT2D eigenvalue weighted by Gasteiger charge is 2.50.